The standard InChI is InChI=1S/C13H16N4O/c1-2-11(14)13(18)17-10-5-3-9(4-6-10)12-7-15-8-16-12/h3-8,11H,2,14H2,1H3,(H,15,16)(H,17,18)/t11-/m1/s1. The molecule has 1 aromatic carbocycles. The lowest BCUT2D eigenvalue weighted by Crippen LogP contribution is -2.34. The molecule has 1 amide bonds. The molecule has 0 radical (unpaired) electrons. The van der Waals surface area contributed by atoms with Crippen molar-refractivity contribution in [3.05, 3.63) is 36.8 Å². The van der Waals surface area contributed by atoms with Crippen LogP contribution >= 0.6 is 0 Å². The molecule has 0 bridgehead atoms. The number of carbonyl (C=O) groups is 1. The third-order valence-corrected chi connectivity index (χ3v) is 2.74. The van der Waals surface area contributed by atoms with Crippen molar-refractivity contribution >= 4 is 11.6 Å². The van der Waals surface area contributed by atoms with Gasteiger partial charge in [0.25, 0.3) is 0 Å². The van der Waals surface area contributed by atoms with E-state index in [1.165, 1.54) is 0 Å². The van der Waals surface area contributed by atoms with Gasteiger partial charge in [0.15, 0.2) is 0 Å². The molecule has 0 aliphatic rings. The van der Waals surface area contributed by atoms with Gasteiger partial charge in [-0.15, -0.1) is 0 Å². The van der Waals surface area contributed by atoms with Crippen LogP contribution in [0.3, 0.4) is 0 Å². The van der Waals surface area contributed by atoms with Crippen molar-refractivity contribution in [1.82, 2.24) is 9.97 Å². The predicted molar refractivity (Wildman–Crippen MR) is 70.9 cm³/mol. The van der Waals surface area contributed by atoms with E-state index < -0.39 is 6.04 Å². The van der Waals surface area contributed by atoms with Crippen LogP contribution < -0.4 is 11.1 Å². The number of hydrogen-bond acceptors (Lipinski definition) is 3. The van der Waals surface area contributed by atoms with Gasteiger partial charge in [-0.2, -0.15) is 0 Å². The van der Waals surface area contributed by atoms with E-state index in [2.05, 4.69) is 15.3 Å². The molecule has 0 saturated heterocycles. The van der Waals surface area contributed by atoms with E-state index in [-0.39, 0.29) is 5.91 Å². The predicted octanol–water partition coefficient (Wildman–Crippen LogP) is 1.75. The number of carbonyl (C=O) groups excluding carboxylic acids is 1. The summed E-state index contributed by atoms with van der Waals surface area (Å²) in [6.07, 6.45) is 4.00. The molecule has 0 unspecified atom stereocenters. The minimum atomic E-state index is -0.461. The van der Waals surface area contributed by atoms with E-state index in [9.17, 15) is 4.79 Å². The number of nitrogens with one attached hydrogen (secondary N) is 2. The molecule has 0 saturated carbocycles. The van der Waals surface area contributed by atoms with E-state index >= 15 is 0 Å². The Balaban J connectivity index is 2.06. The quantitative estimate of drug-likeness (QED) is 0.766. The van der Waals surface area contributed by atoms with Gasteiger partial charge in [0, 0.05) is 5.69 Å². The lowest BCUT2D eigenvalue weighted by molar-refractivity contribution is -0.117. The van der Waals surface area contributed by atoms with E-state index in [4.69, 9.17) is 5.73 Å². The molecule has 0 aliphatic carbocycles. The number of rotatable bonds is 4. The number of amides is 1. The number of H-pyrrole nitrogens is 1. The van der Waals surface area contributed by atoms with Crippen LogP contribution in [0.1, 0.15) is 13.3 Å². The molecule has 18 heavy (non-hydrogen) atoms. The maximum absolute atomic E-state index is 11.6. The minimum Gasteiger partial charge on any atom is -0.345 e. The Kier molecular flexibility index (Phi) is 3.74. The van der Waals surface area contributed by atoms with Crippen LogP contribution in [0.5, 0.6) is 0 Å². The smallest absolute Gasteiger partial charge is 0.241 e. The Hall–Kier alpha value is -2.14. The first-order chi connectivity index (χ1) is 8.70. The van der Waals surface area contributed by atoms with Gasteiger partial charge in [-0.1, -0.05) is 19.1 Å². The average molecular weight is 244 g/mol. The highest BCUT2D eigenvalue weighted by molar-refractivity contribution is 5.94. The summed E-state index contributed by atoms with van der Waals surface area (Å²) in [5.74, 6) is -0.160. The summed E-state index contributed by atoms with van der Waals surface area (Å²) in [7, 11) is 0. The summed E-state index contributed by atoms with van der Waals surface area (Å²) in [6, 6.07) is 7.06. The summed E-state index contributed by atoms with van der Waals surface area (Å²) in [4.78, 5) is 18.6. The molecule has 94 valence electrons. The van der Waals surface area contributed by atoms with Crippen LogP contribution in [0.2, 0.25) is 0 Å². The molecule has 0 spiro atoms. The number of imidazole rings is 1. The highest BCUT2D eigenvalue weighted by Gasteiger charge is 2.10. The fourth-order valence-electron chi connectivity index (χ4n) is 1.57. The maximum atomic E-state index is 11.6. The molecule has 1 atom stereocenters. The Morgan fingerprint density at radius 2 is 2.17 bits per heavy atom. The number of nitrogens with zero attached hydrogens (tertiary/aromatic N) is 1. The van der Waals surface area contributed by atoms with Gasteiger partial charge in [-0.05, 0) is 24.1 Å². The second-order valence-corrected chi connectivity index (χ2v) is 4.05. The second kappa shape index (κ2) is 5.46. The van der Waals surface area contributed by atoms with Crippen LogP contribution in [-0.4, -0.2) is 21.9 Å². The zero-order valence-corrected chi connectivity index (χ0v) is 10.2. The lowest BCUT2D eigenvalue weighted by atomic mass is 10.1. The van der Waals surface area contributed by atoms with Gasteiger partial charge in [0.1, 0.15) is 0 Å². The average Bonchev–Trinajstić information content (AvgIpc) is 2.92. The molecular formula is C13H16N4O. The summed E-state index contributed by atoms with van der Waals surface area (Å²) in [6.45, 7) is 1.88. The topological polar surface area (TPSA) is 83.8 Å². The van der Waals surface area contributed by atoms with Gasteiger partial charge < -0.3 is 16.0 Å². The van der Waals surface area contributed by atoms with Crippen molar-refractivity contribution in [1.29, 1.82) is 0 Å². The Bertz CT molecular complexity index is 504. The molecule has 2 aromatic rings. The third kappa shape index (κ3) is 2.75. The van der Waals surface area contributed by atoms with E-state index in [1.807, 2.05) is 31.2 Å². The van der Waals surface area contributed by atoms with Gasteiger partial charge in [0.2, 0.25) is 5.91 Å². The van der Waals surface area contributed by atoms with Crippen LogP contribution in [0.4, 0.5) is 5.69 Å². The van der Waals surface area contributed by atoms with Crippen LogP contribution in [0.25, 0.3) is 11.3 Å². The minimum absolute atomic E-state index is 0.160. The number of benzene rings is 1. The highest BCUT2D eigenvalue weighted by Crippen LogP contribution is 2.18. The van der Waals surface area contributed by atoms with Gasteiger partial charge in [0.05, 0.1) is 24.3 Å². The highest BCUT2D eigenvalue weighted by atomic mass is 16.2. The molecule has 0 aliphatic heterocycles. The van der Waals surface area contributed by atoms with E-state index in [1.54, 1.807) is 12.5 Å². The number of hydrogen-bond donors (Lipinski definition) is 3. The maximum Gasteiger partial charge on any atom is 0.241 e. The van der Waals surface area contributed by atoms with Crippen LogP contribution in [0, 0.1) is 0 Å². The summed E-state index contributed by atoms with van der Waals surface area (Å²) in [5.41, 5.74) is 8.35. The summed E-state index contributed by atoms with van der Waals surface area (Å²) < 4.78 is 0. The van der Waals surface area contributed by atoms with Crippen molar-refractivity contribution in [2.24, 2.45) is 5.73 Å². The third-order valence-electron chi connectivity index (χ3n) is 2.74. The van der Waals surface area contributed by atoms with Crippen molar-refractivity contribution < 1.29 is 4.79 Å². The van der Waals surface area contributed by atoms with Crippen LogP contribution in [-0.2, 0) is 4.79 Å². The fourth-order valence-corrected chi connectivity index (χ4v) is 1.57. The van der Waals surface area contributed by atoms with Crippen molar-refractivity contribution in [2.45, 2.75) is 19.4 Å². The SMILES string of the molecule is CC[C@@H](N)C(=O)Nc1ccc(-c2cnc[nH]2)cc1. The van der Waals surface area contributed by atoms with E-state index in [0.29, 0.717) is 6.42 Å². The molecule has 1 aromatic heterocycles. The molecular weight excluding hydrogens is 228 g/mol. The number of nitrogens with two attached hydrogens (primary N) is 1. The Morgan fingerprint density at radius 1 is 1.44 bits per heavy atom. The molecule has 5 nitrogen and oxygen atoms in total. The van der Waals surface area contributed by atoms with Crippen molar-refractivity contribution in [2.75, 3.05) is 5.32 Å². The first kappa shape index (κ1) is 12.3. The molecule has 1 heterocycles. The first-order valence-corrected chi connectivity index (χ1v) is 5.86. The molecule has 5 heteroatoms. The first-order valence-electron chi connectivity index (χ1n) is 5.86. The zero-order valence-electron chi connectivity index (χ0n) is 10.2. The van der Waals surface area contributed by atoms with Gasteiger partial charge in [-0.3, -0.25) is 4.79 Å². The Labute approximate surface area is 105 Å². The fraction of sp³-hybridized carbons (Fsp3) is 0.231. The monoisotopic (exact) mass is 244 g/mol. The Morgan fingerprint density at radius 3 is 2.72 bits per heavy atom. The molecule has 0 fully saturated rings. The van der Waals surface area contributed by atoms with Crippen molar-refractivity contribution in [3.8, 4) is 11.3 Å². The van der Waals surface area contributed by atoms with Gasteiger partial charge in [-0.25, -0.2) is 4.98 Å². The number of anilines is 1. The summed E-state index contributed by atoms with van der Waals surface area (Å²) >= 11 is 0. The van der Waals surface area contributed by atoms with Crippen molar-refractivity contribution in [3.63, 3.8) is 0 Å². The second-order valence-electron chi connectivity index (χ2n) is 4.05. The molecule has 2 rings (SSSR count). The van der Waals surface area contributed by atoms with Crippen LogP contribution in [0.15, 0.2) is 36.8 Å². The lowest BCUT2D eigenvalue weighted by Gasteiger charge is -2.10. The molecule has 4 N–H and O–H groups in total. The number of aromatic amines is 1. The zero-order chi connectivity index (χ0) is 13.0. The largest absolute Gasteiger partial charge is 0.345 e. The summed E-state index contributed by atoms with van der Waals surface area (Å²) in [5, 5.41) is 2.78. The normalized spacial score (nSPS) is 12.1. The number of aromatic nitrogens is 2. The van der Waals surface area contributed by atoms with E-state index in [0.717, 1.165) is 16.9 Å². The van der Waals surface area contributed by atoms with Gasteiger partial charge >= 0.3 is 0 Å².